The Morgan fingerprint density at radius 2 is 2.25 bits per heavy atom. The van der Waals surface area contributed by atoms with Crippen LogP contribution in [0.25, 0.3) is 0 Å². The number of rotatable bonds is 3. The molecule has 0 fully saturated rings. The molecule has 0 saturated heterocycles. The lowest BCUT2D eigenvalue weighted by atomic mass is 9.82. The Hall–Kier alpha value is -0.905. The predicted molar refractivity (Wildman–Crippen MR) is 44.8 cm³/mol. The summed E-state index contributed by atoms with van der Waals surface area (Å²) in [6.07, 6.45) is 1.42. The Kier molecular flexibility index (Phi) is 3.22. The molecular formula is C7H10BNO3. The van der Waals surface area contributed by atoms with Crippen LogP contribution in [0.2, 0.25) is 0 Å². The van der Waals surface area contributed by atoms with E-state index in [1.165, 1.54) is 6.20 Å². The van der Waals surface area contributed by atoms with Gasteiger partial charge in [0.15, 0.2) is 0 Å². The molecule has 0 spiro atoms. The van der Waals surface area contributed by atoms with Crippen molar-refractivity contribution in [2.75, 3.05) is 7.11 Å². The second-order valence-corrected chi connectivity index (χ2v) is 2.39. The van der Waals surface area contributed by atoms with E-state index in [1.807, 2.05) is 0 Å². The number of hydrogen-bond donors (Lipinski definition) is 2. The van der Waals surface area contributed by atoms with Crippen molar-refractivity contribution in [3.63, 3.8) is 0 Å². The molecule has 0 atom stereocenters. The number of aromatic nitrogens is 1. The van der Waals surface area contributed by atoms with E-state index >= 15 is 0 Å². The van der Waals surface area contributed by atoms with Gasteiger partial charge in [0.1, 0.15) is 0 Å². The molecule has 0 bridgehead atoms. The largest absolute Gasteiger partial charge is 0.490 e. The molecule has 64 valence electrons. The lowest BCUT2D eigenvalue weighted by molar-refractivity contribution is 0.181. The average molecular weight is 167 g/mol. The molecule has 1 aromatic rings. The number of hydrogen-bond acceptors (Lipinski definition) is 4. The van der Waals surface area contributed by atoms with Gasteiger partial charge in [0.2, 0.25) is 0 Å². The summed E-state index contributed by atoms with van der Waals surface area (Å²) < 4.78 is 4.84. The van der Waals surface area contributed by atoms with Gasteiger partial charge in [-0.05, 0) is 6.07 Å². The van der Waals surface area contributed by atoms with Crippen molar-refractivity contribution in [3.05, 3.63) is 24.0 Å². The molecule has 0 aliphatic carbocycles. The van der Waals surface area contributed by atoms with E-state index in [2.05, 4.69) is 4.98 Å². The minimum atomic E-state index is -1.45. The Morgan fingerprint density at radius 1 is 1.50 bits per heavy atom. The van der Waals surface area contributed by atoms with E-state index in [0.717, 1.165) is 5.69 Å². The van der Waals surface area contributed by atoms with Crippen molar-refractivity contribution in [2.24, 2.45) is 0 Å². The molecule has 0 amide bonds. The van der Waals surface area contributed by atoms with E-state index in [4.69, 9.17) is 14.8 Å². The molecule has 0 aliphatic rings. The fourth-order valence-electron chi connectivity index (χ4n) is 0.822. The van der Waals surface area contributed by atoms with Crippen LogP contribution < -0.4 is 5.46 Å². The van der Waals surface area contributed by atoms with E-state index in [-0.39, 0.29) is 0 Å². The predicted octanol–water partition coefficient (Wildman–Crippen LogP) is -1.09. The molecule has 4 nitrogen and oxygen atoms in total. The second kappa shape index (κ2) is 4.20. The maximum absolute atomic E-state index is 8.73. The average Bonchev–Trinajstić information content (AvgIpc) is 2.06. The first kappa shape index (κ1) is 9.19. The van der Waals surface area contributed by atoms with Gasteiger partial charge < -0.3 is 14.8 Å². The number of ether oxygens (including phenoxy) is 1. The molecule has 5 heteroatoms. The zero-order valence-electron chi connectivity index (χ0n) is 6.77. The smallest absolute Gasteiger partial charge is 0.423 e. The summed E-state index contributed by atoms with van der Waals surface area (Å²) in [5.74, 6) is 0. The molecule has 12 heavy (non-hydrogen) atoms. The Morgan fingerprint density at radius 3 is 2.67 bits per heavy atom. The first-order valence-corrected chi connectivity index (χ1v) is 3.54. The van der Waals surface area contributed by atoms with Crippen molar-refractivity contribution in [3.8, 4) is 0 Å². The van der Waals surface area contributed by atoms with Crippen molar-refractivity contribution in [1.29, 1.82) is 0 Å². The minimum absolute atomic E-state index is 0.384. The van der Waals surface area contributed by atoms with Crippen molar-refractivity contribution < 1.29 is 14.8 Å². The molecule has 1 heterocycles. The number of methoxy groups -OCH3 is 1. The highest BCUT2D eigenvalue weighted by molar-refractivity contribution is 6.58. The standard InChI is InChI=1S/C7H10BNO3/c1-12-5-7-3-2-6(4-9-7)8(10)11/h2-4,10-11H,5H2,1H3. The van der Waals surface area contributed by atoms with E-state index < -0.39 is 7.12 Å². The van der Waals surface area contributed by atoms with Crippen LogP contribution in [0.4, 0.5) is 0 Å². The molecule has 0 radical (unpaired) electrons. The van der Waals surface area contributed by atoms with Crippen molar-refractivity contribution in [2.45, 2.75) is 6.61 Å². The minimum Gasteiger partial charge on any atom is -0.423 e. The van der Waals surface area contributed by atoms with Gasteiger partial charge in [-0.15, -0.1) is 0 Å². The van der Waals surface area contributed by atoms with Crippen LogP contribution in [0.5, 0.6) is 0 Å². The zero-order valence-corrected chi connectivity index (χ0v) is 6.77. The summed E-state index contributed by atoms with van der Waals surface area (Å²) in [6, 6.07) is 3.30. The molecule has 0 aromatic carbocycles. The SMILES string of the molecule is COCc1ccc(B(O)O)cn1. The van der Waals surface area contributed by atoms with Gasteiger partial charge in [-0.25, -0.2) is 0 Å². The maximum atomic E-state index is 8.73. The van der Waals surface area contributed by atoms with E-state index in [1.54, 1.807) is 19.2 Å². The van der Waals surface area contributed by atoms with Crippen LogP contribution in [0, 0.1) is 0 Å². The van der Waals surface area contributed by atoms with Gasteiger partial charge in [-0.2, -0.15) is 0 Å². The lowest BCUT2D eigenvalue weighted by Crippen LogP contribution is -2.30. The zero-order chi connectivity index (χ0) is 8.97. The summed E-state index contributed by atoms with van der Waals surface area (Å²) in [4.78, 5) is 3.94. The normalized spacial score (nSPS) is 9.92. The molecule has 1 rings (SSSR count). The maximum Gasteiger partial charge on any atom is 0.490 e. The molecule has 1 aromatic heterocycles. The summed E-state index contributed by atoms with van der Waals surface area (Å²) >= 11 is 0. The van der Waals surface area contributed by atoms with Crippen LogP contribution in [0.3, 0.4) is 0 Å². The van der Waals surface area contributed by atoms with Gasteiger partial charge >= 0.3 is 7.12 Å². The van der Waals surface area contributed by atoms with Crippen molar-refractivity contribution in [1.82, 2.24) is 4.98 Å². The Labute approximate surface area is 71.0 Å². The van der Waals surface area contributed by atoms with Crippen LogP contribution in [-0.4, -0.2) is 29.3 Å². The third-order valence-electron chi connectivity index (χ3n) is 1.44. The highest BCUT2D eigenvalue weighted by Crippen LogP contribution is 1.93. The molecule has 2 N–H and O–H groups in total. The van der Waals surface area contributed by atoms with Gasteiger partial charge in [0.05, 0.1) is 12.3 Å². The van der Waals surface area contributed by atoms with E-state index in [9.17, 15) is 0 Å². The summed E-state index contributed by atoms with van der Waals surface area (Å²) in [6.45, 7) is 0.432. The molecule has 0 saturated carbocycles. The monoisotopic (exact) mass is 167 g/mol. The summed E-state index contributed by atoms with van der Waals surface area (Å²) in [5, 5.41) is 17.5. The fourth-order valence-corrected chi connectivity index (χ4v) is 0.822. The van der Waals surface area contributed by atoms with E-state index in [0.29, 0.717) is 12.1 Å². The molecular weight excluding hydrogens is 157 g/mol. The quantitative estimate of drug-likeness (QED) is 0.561. The van der Waals surface area contributed by atoms with Crippen LogP contribution >= 0.6 is 0 Å². The first-order chi connectivity index (χ1) is 5.74. The third-order valence-corrected chi connectivity index (χ3v) is 1.44. The lowest BCUT2D eigenvalue weighted by Gasteiger charge is -2.00. The van der Waals surface area contributed by atoms with Gasteiger partial charge in [-0.3, -0.25) is 4.98 Å². The third kappa shape index (κ3) is 2.30. The summed E-state index contributed by atoms with van der Waals surface area (Å²) in [7, 11) is 0.130. The number of pyridine rings is 1. The van der Waals surface area contributed by atoms with Gasteiger partial charge in [0, 0.05) is 18.8 Å². The Balaban J connectivity index is 2.71. The van der Waals surface area contributed by atoms with Crippen LogP contribution in [0.15, 0.2) is 18.3 Å². The Bertz CT molecular complexity index is 237. The number of nitrogens with zero attached hydrogens (tertiary/aromatic N) is 1. The van der Waals surface area contributed by atoms with Gasteiger partial charge in [0.25, 0.3) is 0 Å². The molecule has 0 unspecified atom stereocenters. The van der Waals surface area contributed by atoms with Crippen molar-refractivity contribution >= 4 is 12.6 Å². The topological polar surface area (TPSA) is 62.6 Å². The highest BCUT2D eigenvalue weighted by atomic mass is 16.5. The summed E-state index contributed by atoms with van der Waals surface area (Å²) in [5.41, 5.74) is 1.15. The fraction of sp³-hybridized carbons (Fsp3) is 0.286. The van der Waals surface area contributed by atoms with Crippen LogP contribution in [-0.2, 0) is 11.3 Å². The second-order valence-electron chi connectivity index (χ2n) is 2.39. The first-order valence-electron chi connectivity index (χ1n) is 3.54. The van der Waals surface area contributed by atoms with Crippen LogP contribution in [0.1, 0.15) is 5.69 Å². The highest BCUT2D eigenvalue weighted by Gasteiger charge is 2.10. The molecule has 0 aliphatic heterocycles. The van der Waals surface area contributed by atoms with Gasteiger partial charge in [-0.1, -0.05) is 6.07 Å².